The minimum Gasteiger partial charge on any atom is -0.491 e. The average Bonchev–Trinajstić information content (AvgIpc) is 3.06. The van der Waals surface area contributed by atoms with E-state index in [1.165, 1.54) is 0 Å². The van der Waals surface area contributed by atoms with Crippen LogP contribution in [0.2, 0.25) is 0 Å². The van der Waals surface area contributed by atoms with Crippen LogP contribution in [0.3, 0.4) is 0 Å². The van der Waals surface area contributed by atoms with Crippen LogP contribution in [0.25, 0.3) is 0 Å². The molecule has 4 nitrogen and oxygen atoms in total. The van der Waals surface area contributed by atoms with Crippen molar-refractivity contribution in [3.05, 3.63) is 93.1 Å². The van der Waals surface area contributed by atoms with Crippen molar-refractivity contribution in [1.82, 2.24) is 0 Å². The molecule has 0 amide bonds. The van der Waals surface area contributed by atoms with Crippen LogP contribution in [0.4, 0.5) is 70.2 Å². The van der Waals surface area contributed by atoms with Gasteiger partial charge < -0.3 is 18.9 Å². The molecule has 264 valence electrons. The van der Waals surface area contributed by atoms with E-state index in [1.807, 2.05) is 0 Å². The molecule has 0 N–H and O–H groups in total. The van der Waals surface area contributed by atoms with Gasteiger partial charge in [0.2, 0.25) is 46.5 Å². The molecule has 4 aromatic rings. The summed E-state index contributed by atoms with van der Waals surface area (Å²) in [7, 11) is 1.31. The molecule has 0 radical (unpaired) electrons. The Morgan fingerprint density at radius 1 is 0.260 bits per heavy atom. The second-order valence-corrected chi connectivity index (χ2v) is 9.68. The minimum atomic E-state index is -6.80. The Labute approximate surface area is 290 Å². The van der Waals surface area contributed by atoms with Crippen molar-refractivity contribution in [3.8, 4) is 23.0 Å². The third-order valence-corrected chi connectivity index (χ3v) is 7.58. The molecule has 0 atom stereocenters. The summed E-state index contributed by atoms with van der Waals surface area (Å²) in [6, 6.07) is 0. The van der Waals surface area contributed by atoms with E-state index in [2.05, 4.69) is 18.9 Å². The second kappa shape index (κ2) is 14.3. The summed E-state index contributed by atoms with van der Waals surface area (Å²) in [6.45, 7) is 0. The van der Waals surface area contributed by atoms with Crippen LogP contribution >= 0.6 is 0 Å². The second-order valence-electron chi connectivity index (χ2n) is 9.68. The van der Waals surface area contributed by atoms with Gasteiger partial charge in [0.25, 0.3) is 0 Å². The van der Waals surface area contributed by atoms with Crippen LogP contribution in [0.1, 0.15) is 0 Å². The number of methoxy groups -OCH3 is 4. The predicted molar refractivity (Wildman–Crippen MR) is 136 cm³/mol. The number of hydrogen-bond acceptors (Lipinski definition) is 4. The van der Waals surface area contributed by atoms with Gasteiger partial charge in [-0.15, -0.1) is 21.9 Å². The van der Waals surface area contributed by atoms with Gasteiger partial charge in [-0.1, -0.05) is 0 Å². The monoisotopic (exact) mass is 750 g/mol. The summed E-state index contributed by atoms with van der Waals surface area (Å²) in [5.41, 5.74) is -12.6. The maximum atomic E-state index is 16.1. The molecule has 4 rings (SSSR count). The maximum absolute atomic E-state index is 16.1. The standard InChI is InChI=1S/C28H12BF16O4.Na/c1-46-25-17(38)9(30)5(10(31)18(25)39)29(6-11(32)19(40)26(47-2)20(41)12(6)33,7-13(34)21(42)27(48-3)22(43)14(7)35)8-15(36)23(44)28(49-4)24(45)16(8)37;/h1-4H3;/q-1;+1. The molecule has 0 fully saturated rings. The molecule has 0 spiro atoms. The van der Waals surface area contributed by atoms with E-state index in [-0.39, 0.29) is 29.6 Å². The van der Waals surface area contributed by atoms with Crippen LogP contribution in [0.5, 0.6) is 23.0 Å². The molecule has 22 heteroatoms. The number of halogens is 16. The van der Waals surface area contributed by atoms with Crippen LogP contribution in [0.15, 0.2) is 0 Å². The third kappa shape index (κ3) is 5.30. The first kappa shape index (κ1) is 40.5. The van der Waals surface area contributed by atoms with Gasteiger partial charge in [-0.2, -0.15) is 35.1 Å². The van der Waals surface area contributed by atoms with Crippen LogP contribution in [0, 0.1) is 93.1 Å². The van der Waals surface area contributed by atoms with E-state index in [9.17, 15) is 0 Å². The van der Waals surface area contributed by atoms with E-state index in [0.717, 1.165) is 0 Å². The first-order valence-electron chi connectivity index (χ1n) is 12.6. The fourth-order valence-corrected chi connectivity index (χ4v) is 5.62. The van der Waals surface area contributed by atoms with E-state index in [1.54, 1.807) is 0 Å². The van der Waals surface area contributed by atoms with E-state index in [4.69, 9.17) is 0 Å². The Morgan fingerprint density at radius 3 is 0.480 bits per heavy atom. The Kier molecular flexibility index (Phi) is 11.6. The topological polar surface area (TPSA) is 36.9 Å². The maximum Gasteiger partial charge on any atom is 1.00 e. The average molecular weight is 750 g/mol. The van der Waals surface area contributed by atoms with Gasteiger partial charge in [0.1, 0.15) is 52.7 Å². The van der Waals surface area contributed by atoms with Gasteiger partial charge in [-0.25, -0.2) is 35.1 Å². The molecule has 0 bridgehead atoms. The molecule has 0 aliphatic heterocycles. The van der Waals surface area contributed by atoms with Crippen molar-refractivity contribution in [1.29, 1.82) is 0 Å². The van der Waals surface area contributed by atoms with Gasteiger partial charge in [0, 0.05) is 0 Å². The molecule has 4 aromatic carbocycles. The number of hydrogen-bond donors (Lipinski definition) is 0. The summed E-state index contributed by atoms with van der Waals surface area (Å²) >= 11 is 0. The number of ether oxygens (including phenoxy) is 4. The molecule has 0 aliphatic rings. The molecule has 50 heavy (non-hydrogen) atoms. The Morgan fingerprint density at radius 2 is 0.380 bits per heavy atom. The first-order valence-corrected chi connectivity index (χ1v) is 12.6. The Bertz CT molecular complexity index is 1650. The van der Waals surface area contributed by atoms with E-state index in [0.29, 0.717) is 28.4 Å². The smallest absolute Gasteiger partial charge is 0.491 e. The third-order valence-electron chi connectivity index (χ3n) is 7.58. The normalized spacial score (nSPS) is 11.4. The van der Waals surface area contributed by atoms with Crippen LogP contribution in [-0.2, 0) is 0 Å². The van der Waals surface area contributed by atoms with Gasteiger partial charge >= 0.3 is 29.6 Å². The summed E-state index contributed by atoms with van der Waals surface area (Å²) in [5, 5.41) is 0. The molecule has 0 saturated carbocycles. The molecule has 0 heterocycles. The molecule has 0 aromatic heterocycles. The van der Waals surface area contributed by atoms with E-state index >= 15 is 70.2 Å². The number of rotatable bonds is 8. The largest absolute Gasteiger partial charge is 1.00 e. The van der Waals surface area contributed by atoms with Gasteiger partial charge in [-0.3, -0.25) is 0 Å². The first-order chi connectivity index (χ1) is 22.9. The zero-order valence-electron chi connectivity index (χ0n) is 25.3. The fourth-order valence-electron chi connectivity index (χ4n) is 5.62. The predicted octanol–water partition coefficient (Wildman–Crippen LogP) is 2.33. The zero-order chi connectivity index (χ0) is 37.2. The zero-order valence-corrected chi connectivity index (χ0v) is 27.3. The molecular weight excluding hydrogens is 738 g/mol. The van der Waals surface area contributed by atoms with Gasteiger partial charge in [0.15, 0.2) is 23.0 Å². The number of benzene rings is 4. The molecule has 0 saturated heterocycles. The fraction of sp³-hybridized carbons (Fsp3) is 0.143. The summed E-state index contributed by atoms with van der Waals surface area (Å²) in [5.74, 6) is -57.7. The van der Waals surface area contributed by atoms with Crippen molar-refractivity contribution in [3.63, 3.8) is 0 Å². The van der Waals surface area contributed by atoms with Crippen molar-refractivity contribution >= 4 is 28.0 Å². The Balaban J connectivity index is 0.00000676. The molecular formula is C28H12BF16NaO4. The minimum absolute atomic E-state index is 0. The quantitative estimate of drug-likeness (QED) is 0.158. The Hall–Kier alpha value is -3.98. The van der Waals surface area contributed by atoms with Gasteiger partial charge in [0.05, 0.1) is 28.4 Å². The SMILES string of the molecule is COc1c(F)c(F)c([B-](c2c(F)c(F)c(OC)c(F)c2F)(c2c(F)c(F)c(OC)c(F)c2F)c2c(F)c(F)c(OC)c(F)c2F)c(F)c1F.[Na+]. The molecule has 0 aliphatic carbocycles. The summed E-state index contributed by atoms with van der Waals surface area (Å²) in [4.78, 5) is 0. The van der Waals surface area contributed by atoms with Crippen LogP contribution < -0.4 is 70.4 Å². The molecule has 0 unspecified atom stereocenters. The summed E-state index contributed by atoms with van der Waals surface area (Å²) in [6.07, 6.45) is -6.80. The van der Waals surface area contributed by atoms with Crippen molar-refractivity contribution < 1.29 is 119 Å². The van der Waals surface area contributed by atoms with Crippen molar-refractivity contribution in [2.24, 2.45) is 0 Å². The van der Waals surface area contributed by atoms with Crippen molar-refractivity contribution in [2.75, 3.05) is 28.4 Å². The van der Waals surface area contributed by atoms with Crippen molar-refractivity contribution in [2.45, 2.75) is 0 Å². The van der Waals surface area contributed by atoms with Gasteiger partial charge in [-0.05, 0) is 0 Å². The van der Waals surface area contributed by atoms with E-state index < -0.39 is 144 Å². The van der Waals surface area contributed by atoms with Crippen LogP contribution in [-0.4, -0.2) is 34.6 Å². The summed E-state index contributed by atoms with van der Waals surface area (Å²) < 4.78 is 267.